The van der Waals surface area contributed by atoms with Gasteiger partial charge in [0.1, 0.15) is 0 Å². The van der Waals surface area contributed by atoms with Crippen molar-refractivity contribution >= 4 is 28.8 Å². The SMILES string of the molecule is O=C(/C=C/c1cccn(C/C=C/c2ccc3ccccc3c2)c1=O)NO. The maximum atomic E-state index is 12.4. The van der Waals surface area contributed by atoms with Gasteiger partial charge in [0.2, 0.25) is 0 Å². The second kappa shape index (κ2) is 8.09. The maximum Gasteiger partial charge on any atom is 0.267 e. The molecule has 0 unspecified atom stereocenters. The van der Waals surface area contributed by atoms with Crippen molar-refractivity contribution in [1.29, 1.82) is 0 Å². The average Bonchev–Trinajstić information content (AvgIpc) is 2.68. The number of hydrogen-bond donors (Lipinski definition) is 2. The van der Waals surface area contributed by atoms with E-state index in [1.54, 1.807) is 22.9 Å². The van der Waals surface area contributed by atoms with Gasteiger partial charge in [0.25, 0.3) is 11.5 Å². The summed E-state index contributed by atoms with van der Waals surface area (Å²) in [6.07, 6.45) is 8.06. The van der Waals surface area contributed by atoms with E-state index in [-0.39, 0.29) is 5.56 Å². The third-order valence-corrected chi connectivity index (χ3v) is 3.96. The Morgan fingerprint density at radius 3 is 2.65 bits per heavy atom. The van der Waals surface area contributed by atoms with Gasteiger partial charge in [-0.3, -0.25) is 14.8 Å². The second-order valence-electron chi connectivity index (χ2n) is 5.74. The van der Waals surface area contributed by atoms with E-state index in [2.05, 4.69) is 24.3 Å². The van der Waals surface area contributed by atoms with Gasteiger partial charge in [-0.25, -0.2) is 5.48 Å². The van der Waals surface area contributed by atoms with Gasteiger partial charge in [0.05, 0.1) is 0 Å². The Bertz CT molecular complexity index is 1050. The van der Waals surface area contributed by atoms with E-state index in [1.165, 1.54) is 22.3 Å². The summed E-state index contributed by atoms with van der Waals surface area (Å²) in [7, 11) is 0. The van der Waals surface area contributed by atoms with E-state index in [0.717, 1.165) is 11.6 Å². The van der Waals surface area contributed by atoms with Crippen molar-refractivity contribution in [2.24, 2.45) is 0 Å². The van der Waals surface area contributed by atoms with E-state index in [0.29, 0.717) is 12.1 Å². The highest BCUT2D eigenvalue weighted by Gasteiger charge is 2.00. The van der Waals surface area contributed by atoms with Crippen molar-refractivity contribution in [3.05, 3.63) is 94.4 Å². The highest BCUT2D eigenvalue weighted by atomic mass is 16.5. The first kappa shape index (κ1) is 17.4. The van der Waals surface area contributed by atoms with Gasteiger partial charge < -0.3 is 4.57 Å². The Hall–Kier alpha value is -3.44. The van der Waals surface area contributed by atoms with Crippen LogP contribution in [-0.4, -0.2) is 15.7 Å². The molecule has 2 N–H and O–H groups in total. The van der Waals surface area contributed by atoms with Gasteiger partial charge in [0.15, 0.2) is 0 Å². The molecule has 3 aromatic rings. The van der Waals surface area contributed by atoms with E-state index >= 15 is 0 Å². The first-order valence-electron chi connectivity index (χ1n) is 8.14. The van der Waals surface area contributed by atoms with Crippen LogP contribution in [0, 0.1) is 0 Å². The lowest BCUT2D eigenvalue weighted by molar-refractivity contribution is -0.124. The molecule has 1 heterocycles. The zero-order chi connectivity index (χ0) is 18.4. The van der Waals surface area contributed by atoms with Crippen molar-refractivity contribution in [2.45, 2.75) is 6.54 Å². The molecule has 2 aromatic carbocycles. The summed E-state index contributed by atoms with van der Waals surface area (Å²) >= 11 is 0. The van der Waals surface area contributed by atoms with Crippen molar-refractivity contribution in [1.82, 2.24) is 10.0 Å². The number of aromatic nitrogens is 1. The molecule has 0 saturated heterocycles. The number of rotatable bonds is 5. The highest BCUT2D eigenvalue weighted by Crippen LogP contribution is 2.16. The van der Waals surface area contributed by atoms with Crippen LogP contribution in [0.25, 0.3) is 22.9 Å². The minimum atomic E-state index is -0.684. The minimum absolute atomic E-state index is 0.211. The summed E-state index contributed by atoms with van der Waals surface area (Å²) < 4.78 is 1.55. The zero-order valence-electron chi connectivity index (χ0n) is 14.0. The van der Waals surface area contributed by atoms with Crippen molar-refractivity contribution < 1.29 is 10.0 Å². The van der Waals surface area contributed by atoms with Crippen LogP contribution in [0.4, 0.5) is 0 Å². The highest BCUT2D eigenvalue weighted by molar-refractivity contribution is 5.90. The second-order valence-corrected chi connectivity index (χ2v) is 5.74. The van der Waals surface area contributed by atoms with E-state index in [9.17, 15) is 9.59 Å². The molecule has 0 spiro atoms. The summed E-state index contributed by atoms with van der Waals surface area (Å²) in [6, 6.07) is 17.7. The summed E-state index contributed by atoms with van der Waals surface area (Å²) in [4.78, 5) is 23.4. The predicted molar refractivity (Wildman–Crippen MR) is 103 cm³/mol. The predicted octanol–water partition coefficient (Wildman–Crippen LogP) is 3.23. The van der Waals surface area contributed by atoms with Gasteiger partial charge >= 0.3 is 0 Å². The minimum Gasteiger partial charge on any atom is -0.311 e. The molecule has 26 heavy (non-hydrogen) atoms. The molecule has 130 valence electrons. The van der Waals surface area contributed by atoms with E-state index in [4.69, 9.17) is 5.21 Å². The number of carbonyl (C=O) groups is 1. The molecule has 0 aliphatic rings. The van der Waals surface area contributed by atoms with Crippen LogP contribution in [0.15, 0.2) is 77.7 Å². The molecule has 0 fully saturated rings. The standard InChI is InChI=1S/C21H18N2O3/c24-20(22-26)12-11-18-8-4-14-23(21(18)25)13-3-5-16-9-10-17-6-1-2-7-19(17)15-16/h1-12,14-15,26H,13H2,(H,22,24)/b5-3+,12-11+. The number of hydrogen-bond acceptors (Lipinski definition) is 3. The van der Waals surface area contributed by atoms with Crippen LogP contribution >= 0.6 is 0 Å². The average molecular weight is 346 g/mol. The molecule has 0 bridgehead atoms. The summed E-state index contributed by atoms with van der Waals surface area (Å²) in [5.74, 6) is -0.684. The molecular weight excluding hydrogens is 328 g/mol. The first-order valence-corrected chi connectivity index (χ1v) is 8.14. The molecule has 3 rings (SSSR count). The normalized spacial score (nSPS) is 11.4. The summed E-state index contributed by atoms with van der Waals surface area (Å²) in [5.41, 5.74) is 2.71. The van der Waals surface area contributed by atoms with Crippen LogP contribution < -0.4 is 11.0 Å². The number of benzene rings is 2. The largest absolute Gasteiger partial charge is 0.311 e. The van der Waals surface area contributed by atoms with Crippen molar-refractivity contribution in [3.8, 4) is 0 Å². The summed E-state index contributed by atoms with van der Waals surface area (Å²) in [6.45, 7) is 0.416. The van der Waals surface area contributed by atoms with Crippen molar-refractivity contribution in [2.75, 3.05) is 0 Å². The first-order chi connectivity index (χ1) is 12.7. The Morgan fingerprint density at radius 1 is 1.04 bits per heavy atom. The number of pyridine rings is 1. The van der Waals surface area contributed by atoms with Crippen LogP contribution in [0.5, 0.6) is 0 Å². The fourth-order valence-electron chi connectivity index (χ4n) is 2.64. The van der Waals surface area contributed by atoms with Gasteiger partial charge in [-0.15, -0.1) is 0 Å². The molecule has 0 atom stereocenters. The molecule has 1 amide bonds. The Balaban J connectivity index is 1.76. The number of fused-ring (bicyclic) bond motifs is 1. The lowest BCUT2D eigenvalue weighted by Gasteiger charge is -2.03. The Kier molecular flexibility index (Phi) is 5.41. The fraction of sp³-hybridized carbons (Fsp3) is 0.0476. The number of nitrogens with one attached hydrogen (secondary N) is 1. The molecule has 5 nitrogen and oxygen atoms in total. The number of hydroxylamine groups is 1. The van der Waals surface area contributed by atoms with E-state index < -0.39 is 5.91 Å². The molecule has 0 radical (unpaired) electrons. The summed E-state index contributed by atoms with van der Waals surface area (Å²) in [5, 5.41) is 10.8. The topological polar surface area (TPSA) is 71.3 Å². The molecule has 0 aliphatic heterocycles. The third kappa shape index (κ3) is 4.15. The van der Waals surface area contributed by atoms with Gasteiger partial charge in [0, 0.05) is 24.4 Å². The van der Waals surface area contributed by atoms with Gasteiger partial charge in [-0.2, -0.15) is 0 Å². The lowest BCUT2D eigenvalue weighted by atomic mass is 10.1. The lowest BCUT2D eigenvalue weighted by Crippen LogP contribution is -2.21. The van der Waals surface area contributed by atoms with Crippen LogP contribution in [-0.2, 0) is 11.3 Å². The Morgan fingerprint density at radius 2 is 1.85 bits per heavy atom. The molecule has 5 heteroatoms. The van der Waals surface area contributed by atoms with E-state index in [1.807, 2.05) is 30.4 Å². The number of carbonyl (C=O) groups excluding carboxylic acids is 1. The molecule has 0 aliphatic carbocycles. The number of nitrogens with zero attached hydrogens (tertiary/aromatic N) is 1. The van der Waals surface area contributed by atoms with Gasteiger partial charge in [-0.05, 0) is 40.6 Å². The fourth-order valence-corrected chi connectivity index (χ4v) is 2.64. The third-order valence-electron chi connectivity index (χ3n) is 3.96. The number of allylic oxidation sites excluding steroid dienone is 1. The zero-order valence-corrected chi connectivity index (χ0v) is 14.0. The van der Waals surface area contributed by atoms with Crippen LogP contribution in [0.3, 0.4) is 0 Å². The Labute approximate surface area is 150 Å². The van der Waals surface area contributed by atoms with Gasteiger partial charge in [-0.1, -0.05) is 48.6 Å². The van der Waals surface area contributed by atoms with Crippen molar-refractivity contribution in [3.63, 3.8) is 0 Å². The monoisotopic (exact) mass is 346 g/mol. The maximum absolute atomic E-state index is 12.4. The van der Waals surface area contributed by atoms with Crippen LogP contribution in [0.2, 0.25) is 0 Å². The number of amides is 1. The van der Waals surface area contributed by atoms with Crippen LogP contribution in [0.1, 0.15) is 11.1 Å². The molecule has 0 saturated carbocycles. The molecular formula is C21H18N2O3. The smallest absolute Gasteiger partial charge is 0.267 e. The quantitative estimate of drug-likeness (QED) is 0.423. The molecule has 1 aromatic heterocycles.